The Bertz CT molecular complexity index is 1180. The normalized spacial score (nSPS) is 10.7. The minimum absolute atomic E-state index is 0.166. The standard InChI is InChI=1S/C21H15BrN4O2S/c22-14-3-1-13(2-4-14)18-9-10-19(29-18)21(28)24-15-5-7-16(8-6-15)26-12-11-17(25-26)20(23)27/h1-12H,(H2,23,27)(H,24,28). The Kier molecular flexibility index (Phi) is 5.28. The molecule has 0 bridgehead atoms. The monoisotopic (exact) mass is 466 g/mol. The number of halogens is 1. The van der Waals surface area contributed by atoms with Gasteiger partial charge in [0.05, 0.1) is 10.6 Å². The van der Waals surface area contributed by atoms with E-state index in [1.165, 1.54) is 11.3 Å². The van der Waals surface area contributed by atoms with E-state index in [0.29, 0.717) is 10.6 Å². The van der Waals surface area contributed by atoms with Crippen molar-refractivity contribution in [2.75, 3.05) is 5.32 Å². The van der Waals surface area contributed by atoms with Gasteiger partial charge in [-0.3, -0.25) is 9.59 Å². The van der Waals surface area contributed by atoms with E-state index in [4.69, 9.17) is 5.73 Å². The number of amides is 2. The van der Waals surface area contributed by atoms with Crippen LogP contribution < -0.4 is 11.1 Å². The lowest BCUT2D eigenvalue weighted by atomic mass is 10.2. The van der Waals surface area contributed by atoms with Crippen LogP contribution in [-0.2, 0) is 0 Å². The second kappa shape index (κ2) is 8.02. The summed E-state index contributed by atoms with van der Waals surface area (Å²) in [4.78, 5) is 25.4. The lowest BCUT2D eigenvalue weighted by molar-refractivity contribution is 0.0993. The van der Waals surface area contributed by atoms with Crippen LogP contribution in [0.4, 0.5) is 5.69 Å². The first-order valence-electron chi connectivity index (χ1n) is 8.62. The molecule has 0 aliphatic carbocycles. The molecule has 0 aliphatic rings. The van der Waals surface area contributed by atoms with E-state index < -0.39 is 5.91 Å². The summed E-state index contributed by atoms with van der Waals surface area (Å²) in [5.41, 5.74) is 7.90. The first-order chi connectivity index (χ1) is 14.0. The summed E-state index contributed by atoms with van der Waals surface area (Å²) in [5, 5.41) is 7.00. The molecule has 0 radical (unpaired) electrons. The summed E-state index contributed by atoms with van der Waals surface area (Å²) in [6.45, 7) is 0. The molecule has 8 heteroatoms. The first-order valence-corrected chi connectivity index (χ1v) is 10.2. The van der Waals surface area contributed by atoms with E-state index in [2.05, 4.69) is 26.3 Å². The van der Waals surface area contributed by atoms with Gasteiger partial charge < -0.3 is 11.1 Å². The van der Waals surface area contributed by atoms with Gasteiger partial charge in [0.2, 0.25) is 0 Å². The number of thiophene rings is 1. The average Bonchev–Trinajstić information content (AvgIpc) is 3.39. The molecule has 6 nitrogen and oxygen atoms in total. The number of carbonyl (C=O) groups excluding carboxylic acids is 2. The molecule has 144 valence electrons. The van der Waals surface area contributed by atoms with Gasteiger partial charge in [-0.25, -0.2) is 4.68 Å². The zero-order valence-electron chi connectivity index (χ0n) is 15.0. The number of primary amides is 1. The van der Waals surface area contributed by atoms with Gasteiger partial charge in [0.15, 0.2) is 0 Å². The highest BCUT2D eigenvalue weighted by molar-refractivity contribution is 9.10. The van der Waals surface area contributed by atoms with Gasteiger partial charge in [-0.15, -0.1) is 11.3 Å². The van der Waals surface area contributed by atoms with Crippen molar-refractivity contribution < 1.29 is 9.59 Å². The second-order valence-electron chi connectivity index (χ2n) is 6.18. The van der Waals surface area contributed by atoms with Gasteiger partial charge in [0.1, 0.15) is 5.69 Å². The van der Waals surface area contributed by atoms with E-state index in [0.717, 1.165) is 20.6 Å². The molecule has 0 aliphatic heterocycles. The fourth-order valence-electron chi connectivity index (χ4n) is 2.72. The maximum absolute atomic E-state index is 12.6. The molecule has 2 aromatic carbocycles. The van der Waals surface area contributed by atoms with Gasteiger partial charge in [0.25, 0.3) is 11.8 Å². The van der Waals surface area contributed by atoms with Crippen molar-refractivity contribution in [1.82, 2.24) is 9.78 Å². The molecule has 2 amide bonds. The van der Waals surface area contributed by atoms with Crippen molar-refractivity contribution in [1.29, 1.82) is 0 Å². The minimum Gasteiger partial charge on any atom is -0.364 e. The Morgan fingerprint density at radius 1 is 0.966 bits per heavy atom. The maximum atomic E-state index is 12.6. The average molecular weight is 467 g/mol. The van der Waals surface area contributed by atoms with Crippen LogP contribution in [0.2, 0.25) is 0 Å². The van der Waals surface area contributed by atoms with E-state index in [9.17, 15) is 9.59 Å². The first kappa shape index (κ1) is 19.1. The molecule has 0 spiro atoms. The molecule has 4 rings (SSSR count). The fourth-order valence-corrected chi connectivity index (χ4v) is 3.89. The van der Waals surface area contributed by atoms with E-state index in [-0.39, 0.29) is 11.6 Å². The third kappa shape index (κ3) is 4.28. The van der Waals surface area contributed by atoms with Crippen LogP contribution in [0.1, 0.15) is 20.2 Å². The summed E-state index contributed by atoms with van der Waals surface area (Å²) in [6.07, 6.45) is 1.66. The fraction of sp³-hybridized carbons (Fsp3) is 0. The minimum atomic E-state index is -0.578. The number of hydrogen-bond acceptors (Lipinski definition) is 4. The van der Waals surface area contributed by atoms with E-state index in [1.807, 2.05) is 36.4 Å². The molecule has 2 aromatic heterocycles. The quantitative estimate of drug-likeness (QED) is 0.445. The van der Waals surface area contributed by atoms with E-state index >= 15 is 0 Å². The summed E-state index contributed by atoms with van der Waals surface area (Å²) in [5.74, 6) is -0.743. The van der Waals surface area contributed by atoms with Crippen LogP contribution in [0.5, 0.6) is 0 Å². The smallest absolute Gasteiger partial charge is 0.269 e. The third-order valence-corrected chi connectivity index (χ3v) is 5.85. The maximum Gasteiger partial charge on any atom is 0.269 e. The summed E-state index contributed by atoms with van der Waals surface area (Å²) in [7, 11) is 0. The molecular formula is C21H15BrN4O2S. The van der Waals surface area contributed by atoms with Crippen LogP contribution in [0.25, 0.3) is 16.1 Å². The lowest BCUT2D eigenvalue weighted by Crippen LogP contribution is -2.12. The Morgan fingerprint density at radius 3 is 2.34 bits per heavy atom. The number of carbonyl (C=O) groups is 2. The van der Waals surface area contributed by atoms with Gasteiger partial charge in [-0.05, 0) is 60.2 Å². The number of benzene rings is 2. The third-order valence-electron chi connectivity index (χ3n) is 4.19. The topological polar surface area (TPSA) is 90.0 Å². The van der Waals surface area contributed by atoms with Crippen molar-refractivity contribution >= 4 is 44.8 Å². The zero-order valence-corrected chi connectivity index (χ0v) is 17.4. The molecule has 29 heavy (non-hydrogen) atoms. The largest absolute Gasteiger partial charge is 0.364 e. The van der Waals surface area contributed by atoms with Crippen LogP contribution in [-0.4, -0.2) is 21.6 Å². The Morgan fingerprint density at radius 2 is 1.69 bits per heavy atom. The Balaban J connectivity index is 1.46. The number of rotatable bonds is 5. The van der Waals surface area contributed by atoms with Gasteiger partial charge >= 0.3 is 0 Å². The number of aromatic nitrogens is 2. The molecule has 4 aromatic rings. The zero-order chi connectivity index (χ0) is 20.4. The summed E-state index contributed by atoms with van der Waals surface area (Å²) < 4.78 is 2.57. The lowest BCUT2D eigenvalue weighted by Gasteiger charge is -2.06. The number of nitrogens with one attached hydrogen (secondary N) is 1. The molecule has 0 saturated carbocycles. The van der Waals surface area contributed by atoms with Gasteiger partial charge in [-0.1, -0.05) is 28.1 Å². The van der Waals surface area contributed by atoms with Gasteiger partial charge in [-0.2, -0.15) is 5.10 Å². The highest BCUT2D eigenvalue weighted by atomic mass is 79.9. The molecule has 0 atom stereocenters. The molecule has 0 saturated heterocycles. The number of nitrogens with zero attached hydrogens (tertiary/aromatic N) is 2. The number of hydrogen-bond donors (Lipinski definition) is 2. The van der Waals surface area contributed by atoms with E-state index in [1.54, 1.807) is 41.2 Å². The van der Waals surface area contributed by atoms with Crippen LogP contribution in [0.3, 0.4) is 0 Å². The Hall–Kier alpha value is -3.23. The summed E-state index contributed by atoms with van der Waals surface area (Å²) >= 11 is 4.86. The van der Waals surface area contributed by atoms with Crippen LogP contribution in [0, 0.1) is 0 Å². The summed E-state index contributed by atoms with van der Waals surface area (Å²) in [6, 6.07) is 20.4. The number of nitrogens with two attached hydrogens (primary N) is 1. The molecule has 3 N–H and O–H groups in total. The second-order valence-corrected chi connectivity index (χ2v) is 8.18. The van der Waals surface area contributed by atoms with Crippen molar-refractivity contribution in [3.05, 3.63) is 88.0 Å². The molecular weight excluding hydrogens is 452 g/mol. The van der Waals surface area contributed by atoms with Crippen molar-refractivity contribution in [2.24, 2.45) is 5.73 Å². The van der Waals surface area contributed by atoms with Gasteiger partial charge in [0, 0.05) is 21.2 Å². The number of anilines is 1. The highest BCUT2D eigenvalue weighted by Crippen LogP contribution is 2.29. The molecule has 0 fully saturated rings. The van der Waals surface area contributed by atoms with Crippen molar-refractivity contribution in [3.8, 4) is 16.1 Å². The van der Waals surface area contributed by atoms with Crippen LogP contribution >= 0.6 is 27.3 Å². The van der Waals surface area contributed by atoms with Crippen molar-refractivity contribution in [2.45, 2.75) is 0 Å². The Labute approximate surface area is 179 Å². The predicted molar refractivity (Wildman–Crippen MR) is 117 cm³/mol. The SMILES string of the molecule is NC(=O)c1ccn(-c2ccc(NC(=O)c3ccc(-c4ccc(Br)cc4)s3)cc2)n1. The predicted octanol–water partition coefficient (Wildman–Crippen LogP) is 4.71. The molecule has 2 heterocycles. The van der Waals surface area contributed by atoms with Crippen LogP contribution in [0.15, 0.2) is 77.4 Å². The van der Waals surface area contributed by atoms with Crippen molar-refractivity contribution in [3.63, 3.8) is 0 Å². The molecule has 0 unspecified atom stereocenters. The highest BCUT2D eigenvalue weighted by Gasteiger charge is 2.11.